The molecule has 0 saturated heterocycles. The van der Waals surface area contributed by atoms with Crippen molar-refractivity contribution in [1.29, 1.82) is 0 Å². The quantitative estimate of drug-likeness (QED) is 0.668. The lowest BCUT2D eigenvalue weighted by molar-refractivity contribution is -0.125. The molecule has 4 heteroatoms. The van der Waals surface area contributed by atoms with Crippen molar-refractivity contribution >= 4 is 17.5 Å². The van der Waals surface area contributed by atoms with E-state index in [0.29, 0.717) is 22.6 Å². The Morgan fingerprint density at radius 1 is 0.800 bits per heavy atom. The molecule has 0 aromatic heterocycles. The zero-order valence-corrected chi connectivity index (χ0v) is 13.3. The molecule has 0 aliphatic carbocycles. The van der Waals surface area contributed by atoms with Crippen molar-refractivity contribution in [3.8, 4) is 5.75 Å². The molecule has 0 N–H and O–H groups in total. The highest BCUT2D eigenvalue weighted by atomic mass is 16.5. The van der Waals surface area contributed by atoms with Crippen LogP contribution in [0.15, 0.2) is 84.9 Å². The largest absolute Gasteiger partial charge is 0.474 e. The molecule has 2 amide bonds. The van der Waals surface area contributed by atoms with Gasteiger partial charge in [-0.2, -0.15) is 0 Å². The van der Waals surface area contributed by atoms with Gasteiger partial charge < -0.3 is 4.74 Å². The van der Waals surface area contributed by atoms with Crippen molar-refractivity contribution in [3.05, 3.63) is 96.1 Å². The molecule has 0 saturated carbocycles. The van der Waals surface area contributed by atoms with Crippen molar-refractivity contribution in [2.75, 3.05) is 4.90 Å². The molecule has 1 atom stereocenters. The second kappa shape index (κ2) is 6.24. The van der Waals surface area contributed by atoms with Crippen LogP contribution < -0.4 is 9.64 Å². The fraction of sp³-hybridized carbons (Fsp3) is 0.0476. The van der Waals surface area contributed by atoms with E-state index in [1.165, 1.54) is 4.90 Å². The van der Waals surface area contributed by atoms with Gasteiger partial charge in [0.2, 0.25) is 6.10 Å². The first-order valence-corrected chi connectivity index (χ1v) is 7.99. The van der Waals surface area contributed by atoms with E-state index in [1.54, 1.807) is 42.5 Å². The van der Waals surface area contributed by atoms with E-state index in [1.807, 2.05) is 42.5 Å². The standard InChI is InChI=1S/C21H15NO3/c23-20(16-11-5-2-6-12-16)22-17-13-7-8-14-18(17)25-19(21(22)24)15-9-3-1-4-10-15/h1-14,19H/t19-/m1/s1. The summed E-state index contributed by atoms with van der Waals surface area (Å²) in [6.07, 6.45) is -0.844. The number of rotatable bonds is 2. The van der Waals surface area contributed by atoms with Crippen LogP contribution in [0.25, 0.3) is 0 Å². The van der Waals surface area contributed by atoms with Gasteiger partial charge in [-0.05, 0) is 24.3 Å². The highest BCUT2D eigenvalue weighted by molar-refractivity contribution is 6.23. The van der Waals surface area contributed by atoms with Crippen LogP contribution in [0.3, 0.4) is 0 Å². The Balaban J connectivity index is 1.81. The fourth-order valence-corrected chi connectivity index (χ4v) is 2.91. The minimum atomic E-state index is -0.844. The summed E-state index contributed by atoms with van der Waals surface area (Å²) in [7, 11) is 0. The molecular weight excluding hydrogens is 314 g/mol. The third-order valence-electron chi connectivity index (χ3n) is 4.12. The summed E-state index contributed by atoms with van der Waals surface area (Å²) in [6.45, 7) is 0. The Kier molecular flexibility index (Phi) is 3.78. The third kappa shape index (κ3) is 2.68. The lowest BCUT2D eigenvalue weighted by Gasteiger charge is -2.33. The van der Waals surface area contributed by atoms with Crippen molar-refractivity contribution in [1.82, 2.24) is 0 Å². The number of anilines is 1. The molecule has 0 spiro atoms. The van der Waals surface area contributed by atoms with Crippen LogP contribution in [0, 0.1) is 0 Å². The van der Waals surface area contributed by atoms with E-state index in [0.717, 1.165) is 0 Å². The first-order chi connectivity index (χ1) is 12.3. The monoisotopic (exact) mass is 329 g/mol. The molecule has 0 fully saturated rings. The summed E-state index contributed by atoms with van der Waals surface area (Å²) in [6, 6.07) is 25.1. The van der Waals surface area contributed by atoms with Gasteiger partial charge >= 0.3 is 0 Å². The highest BCUT2D eigenvalue weighted by Crippen LogP contribution is 2.39. The number of para-hydroxylation sites is 2. The van der Waals surface area contributed by atoms with E-state index in [2.05, 4.69) is 0 Å². The number of hydrogen-bond acceptors (Lipinski definition) is 3. The van der Waals surface area contributed by atoms with Crippen LogP contribution in [0.2, 0.25) is 0 Å². The smallest absolute Gasteiger partial charge is 0.279 e. The summed E-state index contributed by atoms with van der Waals surface area (Å²) in [4.78, 5) is 27.3. The Bertz CT molecular complexity index is 922. The molecule has 1 aliphatic heterocycles. The zero-order chi connectivity index (χ0) is 17.2. The van der Waals surface area contributed by atoms with E-state index < -0.39 is 12.0 Å². The van der Waals surface area contributed by atoms with E-state index in [-0.39, 0.29) is 5.91 Å². The molecule has 4 rings (SSSR count). The SMILES string of the molecule is O=C(c1ccccc1)N1C(=O)[C@@H](c2ccccc2)Oc2ccccc21. The Labute approximate surface area is 145 Å². The lowest BCUT2D eigenvalue weighted by atomic mass is 10.0. The van der Waals surface area contributed by atoms with Gasteiger partial charge in [-0.3, -0.25) is 9.59 Å². The van der Waals surface area contributed by atoms with Gasteiger partial charge in [0.1, 0.15) is 5.75 Å². The molecule has 1 aliphatic rings. The second-order valence-corrected chi connectivity index (χ2v) is 5.72. The van der Waals surface area contributed by atoms with Crippen LogP contribution >= 0.6 is 0 Å². The maximum absolute atomic E-state index is 13.1. The Morgan fingerprint density at radius 3 is 2.12 bits per heavy atom. The van der Waals surface area contributed by atoms with Crippen LogP contribution in [0.5, 0.6) is 5.75 Å². The second-order valence-electron chi connectivity index (χ2n) is 5.72. The molecule has 3 aromatic rings. The number of carbonyl (C=O) groups is 2. The number of benzene rings is 3. The topological polar surface area (TPSA) is 46.6 Å². The van der Waals surface area contributed by atoms with Crippen LogP contribution in [0.1, 0.15) is 22.0 Å². The van der Waals surface area contributed by atoms with Crippen molar-refractivity contribution < 1.29 is 14.3 Å². The highest BCUT2D eigenvalue weighted by Gasteiger charge is 2.39. The van der Waals surface area contributed by atoms with Crippen LogP contribution in [0.4, 0.5) is 5.69 Å². The average molecular weight is 329 g/mol. The minimum Gasteiger partial charge on any atom is -0.474 e. The van der Waals surface area contributed by atoms with Crippen LogP contribution in [-0.4, -0.2) is 11.8 Å². The maximum Gasteiger partial charge on any atom is 0.279 e. The summed E-state index contributed by atoms with van der Waals surface area (Å²) >= 11 is 0. The van der Waals surface area contributed by atoms with Gasteiger partial charge in [0.05, 0.1) is 5.69 Å². The molecule has 122 valence electrons. The molecule has 4 nitrogen and oxygen atoms in total. The fourth-order valence-electron chi connectivity index (χ4n) is 2.91. The number of nitrogens with zero attached hydrogens (tertiary/aromatic N) is 1. The van der Waals surface area contributed by atoms with Gasteiger partial charge in [-0.25, -0.2) is 4.90 Å². The summed E-state index contributed by atoms with van der Waals surface area (Å²) in [5.74, 6) is -0.235. The maximum atomic E-state index is 13.1. The number of hydrogen-bond donors (Lipinski definition) is 0. The van der Waals surface area contributed by atoms with Crippen molar-refractivity contribution in [2.45, 2.75) is 6.10 Å². The Hall–Kier alpha value is -3.40. The minimum absolute atomic E-state index is 0.359. The van der Waals surface area contributed by atoms with E-state index in [4.69, 9.17) is 4.74 Å². The molecular formula is C21H15NO3. The van der Waals surface area contributed by atoms with Gasteiger partial charge in [0.25, 0.3) is 11.8 Å². The number of amides is 2. The summed E-state index contributed by atoms with van der Waals surface area (Å²) in [5, 5.41) is 0. The van der Waals surface area contributed by atoms with Crippen LogP contribution in [-0.2, 0) is 4.79 Å². The number of carbonyl (C=O) groups excluding carboxylic acids is 2. The predicted octanol–water partition coefficient (Wildman–Crippen LogP) is 3.99. The Morgan fingerprint density at radius 2 is 1.40 bits per heavy atom. The molecule has 0 unspecified atom stereocenters. The number of ether oxygens (including phenoxy) is 1. The molecule has 25 heavy (non-hydrogen) atoms. The first kappa shape index (κ1) is 15.1. The normalized spacial score (nSPS) is 16.1. The predicted molar refractivity (Wildman–Crippen MR) is 94.5 cm³/mol. The summed E-state index contributed by atoms with van der Waals surface area (Å²) < 4.78 is 5.90. The number of imide groups is 1. The first-order valence-electron chi connectivity index (χ1n) is 7.99. The number of fused-ring (bicyclic) bond motifs is 1. The van der Waals surface area contributed by atoms with E-state index >= 15 is 0 Å². The average Bonchev–Trinajstić information content (AvgIpc) is 2.68. The van der Waals surface area contributed by atoms with Gasteiger partial charge in [0, 0.05) is 11.1 Å². The van der Waals surface area contributed by atoms with Gasteiger partial charge in [-0.15, -0.1) is 0 Å². The lowest BCUT2D eigenvalue weighted by Crippen LogP contribution is -2.45. The molecule has 0 radical (unpaired) electrons. The molecule has 0 bridgehead atoms. The van der Waals surface area contributed by atoms with Gasteiger partial charge in [0.15, 0.2) is 0 Å². The van der Waals surface area contributed by atoms with Crippen molar-refractivity contribution in [2.24, 2.45) is 0 Å². The summed E-state index contributed by atoms with van der Waals surface area (Å²) in [5.41, 5.74) is 1.64. The van der Waals surface area contributed by atoms with Gasteiger partial charge in [-0.1, -0.05) is 60.7 Å². The molecule has 1 heterocycles. The zero-order valence-electron chi connectivity index (χ0n) is 13.3. The third-order valence-corrected chi connectivity index (χ3v) is 4.12. The molecule has 3 aromatic carbocycles. The van der Waals surface area contributed by atoms with Crippen molar-refractivity contribution in [3.63, 3.8) is 0 Å². The van der Waals surface area contributed by atoms with E-state index in [9.17, 15) is 9.59 Å².